The van der Waals surface area contributed by atoms with Crippen molar-refractivity contribution in [3.8, 4) is 0 Å². The van der Waals surface area contributed by atoms with Crippen molar-refractivity contribution in [1.29, 1.82) is 0 Å². The second kappa shape index (κ2) is 4.95. The molecule has 2 heterocycles. The number of ether oxygens (including phenoxy) is 1. The Kier molecular flexibility index (Phi) is 3.48. The van der Waals surface area contributed by atoms with Gasteiger partial charge in [-0.1, -0.05) is 20.8 Å². The second-order valence-electron chi connectivity index (χ2n) is 6.44. The van der Waals surface area contributed by atoms with Gasteiger partial charge in [0.25, 0.3) is 0 Å². The quantitative estimate of drug-likeness (QED) is 0.881. The fourth-order valence-electron chi connectivity index (χ4n) is 3.56. The van der Waals surface area contributed by atoms with Gasteiger partial charge in [0.05, 0.1) is 11.8 Å². The van der Waals surface area contributed by atoms with Crippen molar-refractivity contribution < 1.29 is 4.74 Å². The highest BCUT2D eigenvalue weighted by molar-refractivity contribution is 7.71. The SMILES string of the molecule is CCOC1CC(n2c(=S)[nH]c3c(CC)nn(C)c32)C1(C)C. The van der Waals surface area contributed by atoms with Crippen molar-refractivity contribution >= 4 is 23.4 Å². The van der Waals surface area contributed by atoms with Crippen molar-refractivity contribution in [1.82, 2.24) is 19.3 Å². The van der Waals surface area contributed by atoms with E-state index in [4.69, 9.17) is 17.0 Å². The number of H-pyrrole nitrogens is 1. The van der Waals surface area contributed by atoms with E-state index in [0.29, 0.717) is 12.1 Å². The Bertz CT molecular complexity index is 724. The third kappa shape index (κ3) is 1.99. The molecule has 2 unspecified atom stereocenters. The smallest absolute Gasteiger partial charge is 0.179 e. The molecule has 0 aliphatic heterocycles. The summed E-state index contributed by atoms with van der Waals surface area (Å²) in [6, 6.07) is 0.357. The van der Waals surface area contributed by atoms with Crippen molar-refractivity contribution in [3.05, 3.63) is 10.5 Å². The average molecular weight is 308 g/mol. The minimum atomic E-state index is 0.0833. The Morgan fingerprint density at radius 1 is 1.43 bits per heavy atom. The van der Waals surface area contributed by atoms with Crippen LogP contribution in [0, 0.1) is 10.2 Å². The van der Waals surface area contributed by atoms with Crippen molar-refractivity contribution in [3.63, 3.8) is 0 Å². The molecule has 0 spiro atoms. The van der Waals surface area contributed by atoms with E-state index in [9.17, 15) is 0 Å². The summed E-state index contributed by atoms with van der Waals surface area (Å²) in [5.74, 6) is 0. The summed E-state index contributed by atoms with van der Waals surface area (Å²) in [6.07, 6.45) is 2.22. The highest BCUT2D eigenvalue weighted by Gasteiger charge is 2.50. The molecule has 116 valence electrons. The Balaban J connectivity index is 2.08. The molecule has 5 nitrogen and oxygen atoms in total. The number of nitrogens with zero attached hydrogens (tertiary/aromatic N) is 3. The number of fused-ring (bicyclic) bond motifs is 1. The first kappa shape index (κ1) is 14.8. The van der Waals surface area contributed by atoms with Crippen molar-refractivity contribution in [2.24, 2.45) is 12.5 Å². The topological polar surface area (TPSA) is 47.8 Å². The first-order chi connectivity index (χ1) is 9.91. The maximum atomic E-state index is 5.85. The van der Waals surface area contributed by atoms with Gasteiger partial charge in [-0.05, 0) is 32.0 Å². The predicted molar refractivity (Wildman–Crippen MR) is 86.1 cm³/mol. The van der Waals surface area contributed by atoms with Crippen LogP contribution in [-0.4, -0.2) is 32.0 Å². The van der Waals surface area contributed by atoms with Crippen LogP contribution >= 0.6 is 12.2 Å². The number of aromatic amines is 1. The minimum absolute atomic E-state index is 0.0833. The van der Waals surface area contributed by atoms with Gasteiger partial charge in [0, 0.05) is 25.1 Å². The standard InChI is InChI=1S/C15H24N4OS/c1-6-9-12-13(18(5)17-9)19(14(21)16-12)10-8-11(20-7-2)15(10,3)4/h10-11H,6-8H2,1-5H3,(H,16,21). The molecule has 1 saturated carbocycles. The molecule has 0 bridgehead atoms. The lowest BCUT2D eigenvalue weighted by Crippen LogP contribution is -2.51. The van der Waals surface area contributed by atoms with Crippen LogP contribution in [-0.2, 0) is 18.2 Å². The minimum Gasteiger partial charge on any atom is -0.378 e. The number of imidazole rings is 1. The summed E-state index contributed by atoms with van der Waals surface area (Å²) in [5, 5.41) is 4.60. The van der Waals surface area contributed by atoms with E-state index >= 15 is 0 Å². The van der Waals surface area contributed by atoms with E-state index in [2.05, 4.69) is 42.3 Å². The lowest BCUT2D eigenvalue weighted by Gasteiger charge is -2.51. The zero-order valence-corrected chi connectivity index (χ0v) is 14.3. The third-order valence-corrected chi connectivity index (χ3v) is 5.21. The van der Waals surface area contributed by atoms with Crippen LogP contribution in [0.1, 0.15) is 45.9 Å². The molecular weight excluding hydrogens is 284 g/mol. The van der Waals surface area contributed by atoms with Crippen LogP contribution in [0.25, 0.3) is 11.2 Å². The average Bonchev–Trinajstić information content (AvgIpc) is 2.92. The van der Waals surface area contributed by atoms with E-state index in [1.54, 1.807) is 0 Å². The van der Waals surface area contributed by atoms with E-state index in [1.165, 1.54) is 0 Å². The zero-order chi connectivity index (χ0) is 15.4. The van der Waals surface area contributed by atoms with Gasteiger partial charge in [-0.15, -0.1) is 0 Å². The van der Waals surface area contributed by atoms with Crippen LogP contribution in [0.3, 0.4) is 0 Å². The van der Waals surface area contributed by atoms with E-state index in [1.807, 2.05) is 11.7 Å². The summed E-state index contributed by atoms with van der Waals surface area (Å²) < 4.78 is 10.8. The molecule has 0 radical (unpaired) electrons. The lowest BCUT2D eigenvalue weighted by atomic mass is 9.64. The fraction of sp³-hybridized carbons (Fsp3) is 0.733. The van der Waals surface area contributed by atoms with Crippen LogP contribution in [0.4, 0.5) is 0 Å². The number of aromatic nitrogens is 4. The number of nitrogens with one attached hydrogen (secondary N) is 1. The molecule has 3 rings (SSSR count). The summed E-state index contributed by atoms with van der Waals surface area (Å²) in [4.78, 5) is 3.35. The Morgan fingerprint density at radius 3 is 2.71 bits per heavy atom. The van der Waals surface area contributed by atoms with Gasteiger partial charge in [-0.2, -0.15) is 5.10 Å². The van der Waals surface area contributed by atoms with E-state index in [-0.39, 0.29) is 5.41 Å². The van der Waals surface area contributed by atoms with Gasteiger partial charge < -0.3 is 9.72 Å². The van der Waals surface area contributed by atoms with Crippen molar-refractivity contribution in [2.75, 3.05) is 6.61 Å². The van der Waals surface area contributed by atoms with Gasteiger partial charge in [0.1, 0.15) is 5.52 Å². The molecule has 1 fully saturated rings. The van der Waals surface area contributed by atoms with Gasteiger partial charge in [-0.25, -0.2) is 0 Å². The summed E-state index contributed by atoms with van der Waals surface area (Å²) in [7, 11) is 1.99. The molecule has 0 aromatic carbocycles. The van der Waals surface area contributed by atoms with Gasteiger partial charge in [0.15, 0.2) is 10.4 Å². The zero-order valence-electron chi connectivity index (χ0n) is 13.4. The maximum absolute atomic E-state index is 5.85. The van der Waals surface area contributed by atoms with Gasteiger partial charge >= 0.3 is 0 Å². The normalized spacial score (nSPS) is 24.4. The predicted octanol–water partition coefficient (Wildman–Crippen LogP) is 3.37. The number of aryl methyl sites for hydroxylation is 2. The Hall–Kier alpha value is -1.14. The second-order valence-corrected chi connectivity index (χ2v) is 6.83. The summed E-state index contributed by atoms with van der Waals surface area (Å²) in [6.45, 7) is 9.46. The molecule has 6 heteroatoms. The Labute approximate surface area is 130 Å². The molecule has 2 aromatic rings. The molecule has 21 heavy (non-hydrogen) atoms. The first-order valence-corrected chi connectivity index (χ1v) is 8.10. The first-order valence-electron chi connectivity index (χ1n) is 7.69. The molecule has 1 aliphatic rings. The summed E-state index contributed by atoms with van der Waals surface area (Å²) >= 11 is 5.58. The van der Waals surface area contributed by atoms with Crippen LogP contribution in [0.2, 0.25) is 0 Å². The maximum Gasteiger partial charge on any atom is 0.179 e. The fourth-order valence-corrected chi connectivity index (χ4v) is 3.88. The van der Waals surface area contributed by atoms with Crippen LogP contribution in [0.5, 0.6) is 0 Å². The third-order valence-electron chi connectivity index (χ3n) is 4.91. The molecule has 2 aromatic heterocycles. The molecule has 0 saturated heterocycles. The summed E-state index contributed by atoms with van der Waals surface area (Å²) in [5.41, 5.74) is 3.35. The monoisotopic (exact) mass is 308 g/mol. The van der Waals surface area contributed by atoms with E-state index in [0.717, 1.165) is 41.1 Å². The molecule has 2 atom stereocenters. The molecule has 1 N–H and O–H groups in total. The number of hydrogen-bond donors (Lipinski definition) is 1. The van der Waals surface area contributed by atoms with Crippen LogP contribution in [0.15, 0.2) is 0 Å². The number of rotatable bonds is 4. The lowest BCUT2D eigenvalue weighted by molar-refractivity contribution is -0.127. The van der Waals surface area contributed by atoms with E-state index < -0.39 is 0 Å². The van der Waals surface area contributed by atoms with Crippen LogP contribution < -0.4 is 0 Å². The number of hydrogen-bond acceptors (Lipinski definition) is 3. The van der Waals surface area contributed by atoms with Crippen molar-refractivity contribution in [2.45, 2.75) is 52.7 Å². The Morgan fingerprint density at radius 2 is 2.14 bits per heavy atom. The largest absolute Gasteiger partial charge is 0.378 e. The molecule has 0 amide bonds. The molecular formula is C15H24N4OS. The van der Waals surface area contributed by atoms with Gasteiger partial charge in [0.2, 0.25) is 0 Å². The highest BCUT2D eigenvalue weighted by atomic mass is 32.1. The highest BCUT2D eigenvalue weighted by Crippen LogP contribution is 2.52. The van der Waals surface area contributed by atoms with Gasteiger partial charge in [-0.3, -0.25) is 9.25 Å². The molecule has 1 aliphatic carbocycles.